The van der Waals surface area contributed by atoms with E-state index in [9.17, 15) is 33.0 Å². The van der Waals surface area contributed by atoms with E-state index in [0.717, 1.165) is 11.6 Å². The van der Waals surface area contributed by atoms with Gasteiger partial charge in [0.1, 0.15) is 6.04 Å². The van der Waals surface area contributed by atoms with E-state index in [0.29, 0.717) is 0 Å². The highest BCUT2D eigenvalue weighted by Gasteiger charge is 2.46. The Bertz CT molecular complexity index is 1000. The van der Waals surface area contributed by atoms with Gasteiger partial charge >= 0.3 is 12.3 Å². The number of carboxylic acid groups (broad SMARTS) is 1. The van der Waals surface area contributed by atoms with Gasteiger partial charge in [-0.15, -0.1) is 0 Å². The van der Waals surface area contributed by atoms with E-state index in [1.807, 2.05) is 0 Å². The smallest absolute Gasteiger partial charge is 0.416 e. The van der Waals surface area contributed by atoms with E-state index in [1.54, 1.807) is 44.2 Å². The average Bonchev–Trinajstić information content (AvgIpc) is 3.09. The number of aliphatic hydroxyl groups excluding tert-OH is 1. The summed E-state index contributed by atoms with van der Waals surface area (Å²) >= 11 is 0. The van der Waals surface area contributed by atoms with Crippen LogP contribution in [0.4, 0.5) is 18.0 Å². The van der Waals surface area contributed by atoms with Crippen LogP contribution in [-0.4, -0.2) is 51.5 Å². The van der Waals surface area contributed by atoms with Crippen molar-refractivity contribution in [2.45, 2.75) is 57.3 Å². The number of nitrogens with zero attached hydrogens (tertiary/aromatic N) is 1. The summed E-state index contributed by atoms with van der Waals surface area (Å²) in [5, 5.41) is 25.6. The second-order valence-corrected chi connectivity index (χ2v) is 8.69. The molecule has 0 bridgehead atoms. The van der Waals surface area contributed by atoms with E-state index in [1.165, 1.54) is 23.1 Å². The molecule has 1 aliphatic heterocycles. The quantitative estimate of drug-likeness (QED) is 0.466. The van der Waals surface area contributed by atoms with Gasteiger partial charge < -0.3 is 20.4 Å². The van der Waals surface area contributed by atoms with Crippen molar-refractivity contribution in [3.63, 3.8) is 0 Å². The van der Waals surface area contributed by atoms with Crippen LogP contribution in [0.5, 0.6) is 0 Å². The fraction of sp³-hybridized carbons (Fsp3) is 0.417. The molecule has 0 aromatic heterocycles. The van der Waals surface area contributed by atoms with Crippen molar-refractivity contribution in [3.8, 4) is 0 Å². The van der Waals surface area contributed by atoms with E-state index >= 15 is 0 Å². The zero-order valence-corrected chi connectivity index (χ0v) is 18.8. The molecule has 2 aromatic carbocycles. The molecule has 2 amide bonds. The third-order valence-corrected chi connectivity index (χ3v) is 5.89. The molecule has 1 aliphatic rings. The van der Waals surface area contributed by atoms with Gasteiger partial charge in [0.05, 0.1) is 23.9 Å². The maximum Gasteiger partial charge on any atom is 0.416 e. The Morgan fingerprint density at radius 1 is 1.12 bits per heavy atom. The summed E-state index contributed by atoms with van der Waals surface area (Å²) in [6.45, 7) is 3.31. The number of aliphatic hydroxyl groups is 1. The molecular formula is C24H28F3N3O4. The number of carbonyl (C=O) groups is 2. The molecule has 10 heteroatoms. The average molecular weight is 479 g/mol. The van der Waals surface area contributed by atoms with Crippen LogP contribution in [-0.2, 0) is 23.9 Å². The van der Waals surface area contributed by atoms with Crippen molar-refractivity contribution in [2.75, 3.05) is 0 Å². The first-order valence-corrected chi connectivity index (χ1v) is 10.9. The van der Waals surface area contributed by atoms with Crippen molar-refractivity contribution in [3.05, 3.63) is 71.3 Å². The van der Waals surface area contributed by atoms with Crippen LogP contribution in [0.25, 0.3) is 0 Å². The molecule has 4 atom stereocenters. The first-order valence-electron chi connectivity index (χ1n) is 10.9. The fourth-order valence-electron chi connectivity index (χ4n) is 4.27. The number of amides is 2. The summed E-state index contributed by atoms with van der Waals surface area (Å²) in [6.07, 6.45) is -7.90. The zero-order chi connectivity index (χ0) is 25.0. The molecule has 2 aromatic rings. The summed E-state index contributed by atoms with van der Waals surface area (Å²) < 4.78 is 40.5. The normalized spacial score (nSPS) is 20.4. The second kappa shape index (κ2) is 10.4. The van der Waals surface area contributed by atoms with Crippen molar-refractivity contribution >= 4 is 12.0 Å². The number of hydrogen-bond donors (Lipinski definition) is 4. The highest BCUT2D eigenvalue weighted by molar-refractivity contribution is 5.85. The largest absolute Gasteiger partial charge is 0.465 e. The predicted octanol–water partition coefficient (Wildman–Crippen LogP) is 3.23. The lowest BCUT2D eigenvalue weighted by Crippen LogP contribution is -2.55. The maximum atomic E-state index is 13.5. The van der Waals surface area contributed by atoms with Gasteiger partial charge in [-0.2, -0.15) is 13.2 Å². The number of rotatable bonds is 8. The maximum absolute atomic E-state index is 13.5. The first kappa shape index (κ1) is 25.5. The van der Waals surface area contributed by atoms with Crippen molar-refractivity contribution in [1.29, 1.82) is 0 Å². The van der Waals surface area contributed by atoms with Crippen molar-refractivity contribution < 1.29 is 33.0 Å². The van der Waals surface area contributed by atoms with Crippen molar-refractivity contribution in [1.82, 2.24) is 15.5 Å². The summed E-state index contributed by atoms with van der Waals surface area (Å²) in [7, 11) is 0. The highest BCUT2D eigenvalue weighted by Crippen LogP contribution is 2.33. The molecule has 1 unspecified atom stereocenters. The van der Waals surface area contributed by atoms with Crippen LogP contribution < -0.4 is 10.6 Å². The Kier molecular flexibility index (Phi) is 7.83. The Hall–Kier alpha value is -3.11. The number of benzene rings is 2. The Balaban J connectivity index is 1.87. The standard InChI is InChI=1S/C24H28F3N3O4/c1-14(2)21-29-19(20(31)18(28-23(33)34)12-15-8-4-3-5-9-15)22(32)30(21)13-16-10-6-7-11-17(16)24(25,26)27/h3-11,14,18-21,28-29,31H,12-13H2,1-2H3,(H,33,34)/t18-,19-,20+,21?/m0/s1. The van der Waals surface area contributed by atoms with E-state index in [-0.39, 0.29) is 24.4 Å². The Morgan fingerprint density at radius 3 is 2.32 bits per heavy atom. The van der Waals surface area contributed by atoms with E-state index in [4.69, 9.17) is 0 Å². The lowest BCUT2D eigenvalue weighted by Gasteiger charge is -2.28. The third-order valence-electron chi connectivity index (χ3n) is 5.89. The predicted molar refractivity (Wildman–Crippen MR) is 119 cm³/mol. The Labute approximate surface area is 195 Å². The SMILES string of the molecule is CC(C)C1N[C@@H]([C@H](O)[C@H](Cc2ccccc2)NC(=O)O)C(=O)N1Cc1ccccc1C(F)(F)F. The van der Waals surface area contributed by atoms with Gasteiger partial charge in [0, 0.05) is 6.54 Å². The van der Waals surface area contributed by atoms with Crippen LogP contribution in [0.1, 0.15) is 30.5 Å². The zero-order valence-electron chi connectivity index (χ0n) is 18.8. The topological polar surface area (TPSA) is 102 Å². The molecule has 0 aliphatic carbocycles. The fourth-order valence-corrected chi connectivity index (χ4v) is 4.27. The van der Waals surface area contributed by atoms with E-state index in [2.05, 4.69) is 10.6 Å². The molecule has 7 nitrogen and oxygen atoms in total. The minimum atomic E-state index is -4.58. The van der Waals surface area contributed by atoms with Crippen LogP contribution in [0.2, 0.25) is 0 Å². The molecule has 0 spiro atoms. The molecule has 34 heavy (non-hydrogen) atoms. The van der Waals surface area contributed by atoms with Gasteiger partial charge in [0.15, 0.2) is 0 Å². The van der Waals surface area contributed by atoms with Crippen LogP contribution in [0.3, 0.4) is 0 Å². The van der Waals surface area contributed by atoms with Crippen LogP contribution in [0, 0.1) is 5.92 Å². The molecule has 1 fully saturated rings. The molecule has 4 N–H and O–H groups in total. The number of halogens is 3. The van der Waals surface area contributed by atoms with Gasteiger partial charge in [-0.1, -0.05) is 62.4 Å². The number of hydrogen-bond acceptors (Lipinski definition) is 4. The first-order chi connectivity index (χ1) is 16.0. The molecule has 0 saturated carbocycles. The highest BCUT2D eigenvalue weighted by atomic mass is 19.4. The van der Waals surface area contributed by atoms with Gasteiger partial charge in [-0.3, -0.25) is 10.1 Å². The molecule has 3 rings (SSSR count). The minimum Gasteiger partial charge on any atom is -0.465 e. The lowest BCUT2D eigenvalue weighted by molar-refractivity contribution is -0.140. The number of alkyl halides is 3. The summed E-state index contributed by atoms with van der Waals surface area (Å²) in [5.74, 6) is -0.771. The van der Waals surface area contributed by atoms with E-state index < -0.39 is 48.1 Å². The summed E-state index contributed by atoms with van der Waals surface area (Å²) in [4.78, 5) is 26.0. The third kappa shape index (κ3) is 5.87. The number of nitrogens with one attached hydrogen (secondary N) is 2. The lowest BCUT2D eigenvalue weighted by atomic mass is 9.96. The molecule has 1 heterocycles. The summed E-state index contributed by atoms with van der Waals surface area (Å²) in [6, 6.07) is 11.7. The summed E-state index contributed by atoms with van der Waals surface area (Å²) in [5.41, 5.74) is -0.138. The Morgan fingerprint density at radius 2 is 1.74 bits per heavy atom. The number of carbonyl (C=O) groups excluding carboxylic acids is 1. The second-order valence-electron chi connectivity index (χ2n) is 8.69. The minimum absolute atomic E-state index is 0.0598. The molecule has 0 radical (unpaired) electrons. The van der Waals surface area contributed by atoms with Crippen LogP contribution in [0.15, 0.2) is 54.6 Å². The molecule has 1 saturated heterocycles. The monoisotopic (exact) mass is 479 g/mol. The molecular weight excluding hydrogens is 451 g/mol. The van der Waals surface area contributed by atoms with Gasteiger partial charge in [0.25, 0.3) is 0 Å². The van der Waals surface area contributed by atoms with Crippen molar-refractivity contribution in [2.24, 2.45) is 5.92 Å². The van der Waals surface area contributed by atoms with Crippen LogP contribution >= 0.6 is 0 Å². The van der Waals surface area contributed by atoms with Gasteiger partial charge in [-0.05, 0) is 29.5 Å². The molecule has 184 valence electrons. The van der Waals surface area contributed by atoms with Gasteiger partial charge in [-0.25, -0.2) is 4.79 Å². The van der Waals surface area contributed by atoms with Gasteiger partial charge in [0.2, 0.25) is 5.91 Å².